The van der Waals surface area contributed by atoms with E-state index in [1.165, 1.54) is 22.5 Å². The van der Waals surface area contributed by atoms with E-state index in [0.29, 0.717) is 17.6 Å². The highest BCUT2D eigenvalue weighted by Gasteiger charge is 2.35. The normalized spacial score (nSPS) is 19.2. The number of aromatic nitrogens is 2. The van der Waals surface area contributed by atoms with Crippen LogP contribution >= 0.6 is 0 Å². The maximum absolute atomic E-state index is 13.2. The first-order valence-electron chi connectivity index (χ1n) is 11.1. The van der Waals surface area contributed by atoms with Gasteiger partial charge in [0.1, 0.15) is 11.6 Å². The second kappa shape index (κ2) is 10.0. The molecule has 36 heavy (non-hydrogen) atoms. The zero-order chi connectivity index (χ0) is 26.1. The number of aliphatic hydroxyl groups excluding tert-OH is 1. The van der Waals surface area contributed by atoms with Gasteiger partial charge < -0.3 is 15.2 Å². The number of nitrogens with zero attached hydrogens (tertiary/aromatic N) is 3. The summed E-state index contributed by atoms with van der Waals surface area (Å²) >= 11 is 0. The second-order valence-corrected chi connectivity index (χ2v) is 10.3. The van der Waals surface area contributed by atoms with E-state index in [4.69, 9.17) is 4.74 Å². The van der Waals surface area contributed by atoms with E-state index < -0.39 is 33.9 Å². The predicted octanol–water partition coefficient (Wildman–Crippen LogP) is 3.72. The number of piperidine rings is 1. The highest BCUT2D eigenvalue weighted by Crippen LogP contribution is 2.33. The van der Waals surface area contributed by atoms with Gasteiger partial charge in [-0.25, -0.2) is 13.4 Å². The van der Waals surface area contributed by atoms with E-state index in [9.17, 15) is 26.7 Å². The lowest BCUT2D eigenvalue weighted by atomic mass is 10.0. The average molecular weight is 523 g/mol. The van der Waals surface area contributed by atoms with Crippen molar-refractivity contribution in [1.29, 1.82) is 0 Å². The topological polar surface area (TPSA) is 105 Å². The van der Waals surface area contributed by atoms with E-state index in [1.54, 1.807) is 31.5 Å². The fourth-order valence-corrected chi connectivity index (χ4v) is 5.59. The number of ether oxygens (including phenoxy) is 1. The van der Waals surface area contributed by atoms with Crippen LogP contribution in [0.3, 0.4) is 0 Å². The largest absolute Gasteiger partial charge is 0.494 e. The number of rotatable bonds is 6. The van der Waals surface area contributed by atoms with Crippen LogP contribution in [-0.4, -0.2) is 60.1 Å². The average Bonchev–Trinajstić information content (AvgIpc) is 2.85. The zero-order valence-corrected chi connectivity index (χ0v) is 20.3. The molecule has 0 spiro atoms. The first-order chi connectivity index (χ1) is 17.0. The van der Waals surface area contributed by atoms with Crippen LogP contribution in [0.15, 0.2) is 59.8 Å². The number of β-amino-alcohol motifs (C(OH)–C–C–N with tert-alkyl or cyclic N) is 1. The third kappa shape index (κ3) is 5.30. The van der Waals surface area contributed by atoms with Gasteiger partial charge in [-0.2, -0.15) is 17.5 Å². The van der Waals surface area contributed by atoms with E-state index in [2.05, 4.69) is 15.3 Å². The molecule has 0 bridgehead atoms. The Bertz CT molecular complexity index is 1320. The summed E-state index contributed by atoms with van der Waals surface area (Å²) in [4.78, 5) is 8.04. The lowest BCUT2D eigenvalue weighted by Crippen LogP contribution is -2.51. The summed E-state index contributed by atoms with van der Waals surface area (Å²) in [6, 6.07) is 9.68. The van der Waals surface area contributed by atoms with Crippen molar-refractivity contribution in [2.24, 2.45) is 0 Å². The maximum atomic E-state index is 13.2. The molecule has 3 heterocycles. The van der Waals surface area contributed by atoms with Gasteiger partial charge in [-0.05, 0) is 49.2 Å². The van der Waals surface area contributed by atoms with Crippen LogP contribution in [0.2, 0.25) is 0 Å². The number of benzene rings is 1. The summed E-state index contributed by atoms with van der Waals surface area (Å²) in [6.45, 7) is 1.77. The molecule has 1 aliphatic rings. The van der Waals surface area contributed by atoms with Crippen molar-refractivity contribution in [1.82, 2.24) is 14.3 Å². The first kappa shape index (κ1) is 25.9. The van der Waals surface area contributed by atoms with Crippen LogP contribution in [0.1, 0.15) is 17.7 Å². The number of hydrogen-bond acceptors (Lipinski definition) is 7. The van der Waals surface area contributed by atoms with Crippen molar-refractivity contribution >= 4 is 15.8 Å². The molecule has 1 saturated heterocycles. The molecule has 8 nitrogen and oxygen atoms in total. The second-order valence-electron chi connectivity index (χ2n) is 8.40. The Balaban J connectivity index is 1.44. The highest BCUT2D eigenvalue weighted by atomic mass is 32.2. The van der Waals surface area contributed by atoms with Crippen molar-refractivity contribution < 1.29 is 31.4 Å². The van der Waals surface area contributed by atoms with Gasteiger partial charge in [-0.15, -0.1) is 0 Å². The molecule has 3 aromatic rings. The molecule has 1 aromatic carbocycles. The van der Waals surface area contributed by atoms with Gasteiger partial charge in [0.2, 0.25) is 10.0 Å². The molecule has 2 aromatic heterocycles. The zero-order valence-electron chi connectivity index (χ0n) is 19.5. The number of hydrogen-bond donors (Lipinski definition) is 2. The minimum absolute atomic E-state index is 0.0824. The van der Waals surface area contributed by atoms with Gasteiger partial charge in [0, 0.05) is 31.0 Å². The van der Waals surface area contributed by atoms with Gasteiger partial charge >= 0.3 is 6.18 Å². The summed E-state index contributed by atoms with van der Waals surface area (Å²) in [7, 11) is -2.33. The SMILES string of the molecule is COc1c(-c2ccc(S(=O)(=O)N3CC[C@@H](Nc4ccc(C(F)(F)F)cn4)[C@@H](O)C3)cc2)ccnc1C. The van der Waals surface area contributed by atoms with Crippen LogP contribution in [0.5, 0.6) is 5.75 Å². The Kier molecular flexibility index (Phi) is 7.21. The standard InChI is InChI=1S/C24H25F3N4O4S/c1-15-23(35-2)19(9-11-28-15)16-3-6-18(7-4-16)36(33,34)31-12-10-20(21(32)14-31)30-22-8-5-17(13-29-22)24(25,26)27/h3-9,11,13,20-21,32H,10,12,14H2,1-2H3,(H,29,30)/t20-,21+/m1/s1. The van der Waals surface area contributed by atoms with Gasteiger partial charge in [-0.1, -0.05) is 12.1 Å². The summed E-state index contributed by atoms with van der Waals surface area (Å²) < 4.78 is 71.2. The maximum Gasteiger partial charge on any atom is 0.417 e. The lowest BCUT2D eigenvalue weighted by Gasteiger charge is -2.35. The third-order valence-electron chi connectivity index (χ3n) is 6.06. The van der Waals surface area contributed by atoms with Crippen molar-refractivity contribution in [3.05, 3.63) is 66.1 Å². The van der Waals surface area contributed by atoms with Gasteiger partial charge in [-0.3, -0.25) is 4.98 Å². The minimum Gasteiger partial charge on any atom is -0.494 e. The van der Waals surface area contributed by atoms with Crippen LogP contribution < -0.4 is 10.1 Å². The fraction of sp³-hybridized carbons (Fsp3) is 0.333. The number of nitrogens with one attached hydrogen (secondary N) is 1. The molecule has 2 atom stereocenters. The number of aryl methyl sites for hydroxylation is 1. The van der Waals surface area contributed by atoms with Crippen LogP contribution in [0, 0.1) is 6.92 Å². The molecule has 0 amide bonds. The Morgan fingerprint density at radius 1 is 1.11 bits per heavy atom. The number of sulfonamides is 1. The fourth-order valence-electron chi connectivity index (χ4n) is 4.12. The van der Waals surface area contributed by atoms with Crippen LogP contribution in [0.25, 0.3) is 11.1 Å². The van der Waals surface area contributed by atoms with E-state index in [0.717, 1.165) is 17.2 Å². The molecule has 0 saturated carbocycles. The molecule has 12 heteroatoms. The first-order valence-corrected chi connectivity index (χ1v) is 12.5. The van der Waals surface area contributed by atoms with Crippen molar-refractivity contribution in [2.45, 2.75) is 36.6 Å². The lowest BCUT2D eigenvalue weighted by molar-refractivity contribution is -0.137. The van der Waals surface area contributed by atoms with Crippen molar-refractivity contribution in [2.75, 3.05) is 25.5 Å². The Hall–Kier alpha value is -3.22. The molecule has 192 valence electrons. The summed E-state index contributed by atoms with van der Waals surface area (Å²) in [5, 5.41) is 13.5. The Morgan fingerprint density at radius 3 is 2.42 bits per heavy atom. The number of aliphatic hydroxyl groups is 1. The molecule has 0 aliphatic carbocycles. The van der Waals surface area contributed by atoms with E-state index >= 15 is 0 Å². The molecule has 2 N–H and O–H groups in total. The quantitative estimate of drug-likeness (QED) is 0.509. The van der Waals surface area contributed by atoms with Crippen LogP contribution in [-0.2, 0) is 16.2 Å². The predicted molar refractivity (Wildman–Crippen MR) is 127 cm³/mol. The number of alkyl halides is 3. The molecule has 0 radical (unpaired) electrons. The highest BCUT2D eigenvalue weighted by molar-refractivity contribution is 7.89. The van der Waals surface area contributed by atoms with Crippen molar-refractivity contribution in [3.8, 4) is 16.9 Å². The number of pyridine rings is 2. The van der Waals surface area contributed by atoms with Crippen molar-refractivity contribution in [3.63, 3.8) is 0 Å². The Labute approximate surface area is 206 Å². The summed E-state index contributed by atoms with van der Waals surface area (Å²) in [5.74, 6) is 0.772. The molecular weight excluding hydrogens is 497 g/mol. The number of anilines is 1. The van der Waals surface area contributed by atoms with Gasteiger partial charge in [0.05, 0.1) is 35.4 Å². The monoisotopic (exact) mass is 522 g/mol. The van der Waals surface area contributed by atoms with E-state index in [1.807, 2.05) is 6.92 Å². The summed E-state index contributed by atoms with van der Waals surface area (Å²) in [5.41, 5.74) is 1.39. The van der Waals surface area contributed by atoms with Gasteiger partial charge in [0.25, 0.3) is 0 Å². The van der Waals surface area contributed by atoms with Crippen LogP contribution in [0.4, 0.5) is 19.0 Å². The summed E-state index contributed by atoms with van der Waals surface area (Å²) in [6.07, 6.45) is -2.97. The molecule has 0 unspecified atom stereocenters. The number of halogens is 3. The molecule has 1 fully saturated rings. The van der Waals surface area contributed by atoms with E-state index in [-0.39, 0.29) is 30.2 Å². The molecule has 1 aliphatic heterocycles. The Morgan fingerprint density at radius 2 is 1.83 bits per heavy atom. The smallest absolute Gasteiger partial charge is 0.417 e. The molecular formula is C24H25F3N4O4S. The van der Waals surface area contributed by atoms with Gasteiger partial charge in [0.15, 0.2) is 0 Å². The molecule has 4 rings (SSSR count). The third-order valence-corrected chi connectivity index (χ3v) is 7.94. The number of methoxy groups -OCH3 is 1. The minimum atomic E-state index is -4.49.